The highest BCUT2D eigenvalue weighted by molar-refractivity contribution is 7.89. The number of aryl methyl sites for hydroxylation is 2. The molecule has 1 fully saturated rings. The van der Waals surface area contributed by atoms with Gasteiger partial charge in [-0.15, -0.1) is 12.4 Å². The number of methoxy groups -OCH3 is 1. The first-order valence-corrected chi connectivity index (χ1v) is 9.69. The number of sulfonamides is 1. The normalized spacial score (nSPS) is 18.0. The largest absolute Gasteiger partial charge is 0.465 e. The standard InChI is InChI=1S/C17H22N4O4S.ClH/c1-12-4-5-13(17(22)25-3)10-15(12)26(23,24)21-9-6-18-11-14(21)16-19-7-8-20(16)2;/h4-5,7-8,10,14,18H,6,9,11H2,1-3H3;1H. The minimum absolute atomic E-state index is 0. The summed E-state index contributed by atoms with van der Waals surface area (Å²) >= 11 is 0. The van der Waals surface area contributed by atoms with Gasteiger partial charge in [-0.25, -0.2) is 18.2 Å². The number of hydrogen-bond donors (Lipinski definition) is 1. The molecule has 3 rings (SSSR count). The number of benzene rings is 1. The van der Waals surface area contributed by atoms with E-state index in [0.29, 0.717) is 31.0 Å². The lowest BCUT2D eigenvalue weighted by Crippen LogP contribution is -2.49. The van der Waals surface area contributed by atoms with Crippen LogP contribution < -0.4 is 5.32 Å². The van der Waals surface area contributed by atoms with Gasteiger partial charge in [-0.05, 0) is 24.6 Å². The number of nitrogens with one attached hydrogen (secondary N) is 1. The molecule has 1 N–H and O–H groups in total. The minimum atomic E-state index is -3.82. The summed E-state index contributed by atoms with van der Waals surface area (Å²) in [5, 5.41) is 3.22. The lowest BCUT2D eigenvalue weighted by molar-refractivity contribution is 0.0600. The van der Waals surface area contributed by atoms with Gasteiger partial charge in [0, 0.05) is 39.1 Å². The van der Waals surface area contributed by atoms with E-state index in [4.69, 9.17) is 4.74 Å². The van der Waals surface area contributed by atoms with Gasteiger partial charge < -0.3 is 14.6 Å². The van der Waals surface area contributed by atoms with Crippen LogP contribution >= 0.6 is 12.4 Å². The van der Waals surface area contributed by atoms with Crippen LogP contribution in [0.15, 0.2) is 35.5 Å². The first-order chi connectivity index (χ1) is 12.4. The van der Waals surface area contributed by atoms with E-state index in [1.54, 1.807) is 31.5 Å². The van der Waals surface area contributed by atoms with Gasteiger partial charge in [0.2, 0.25) is 10.0 Å². The maximum atomic E-state index is 13.4. The summed E-state index contributed by atoms with van der Waals surface area (Å²) in [6, 6.07) is 4.15. The molecule has 27 heavy (non-hydrogen) atoms. The number of nitrogens with zero attached hydrogens (tertiary/aromatic N) is 3. The molecule has 0 saturated carbocycles. The van der Waals surface area contributed by atoms with E-state index in [1.165, 1.54) is 17.5 Å². The highest BCUT2D eigenvalue weighted by Gasteiger charge is 2.37. The zero-order valence-electron chi connectivity index (χ0n) is 15.4. The van der Waals surface area contributed by atoms with Crippen LogP contribution in [-0.2, 0) is 21.8 Å². The van der Waals surface area contributed by atoms with Crippen molar-refractivity contribution in [2.45, 2.75) is 17.9 Å². The average Bonchev–Trinajstić information content (AvgIpc) is 3.07. The zero-order chi connectivity index (χ0) is 18.9. The third-order valence-electron chi connectivity index (χ3n) is 4.55. The molecule has 8 nitrogen and oxygen atoms in total. The van der Waals surface area contributed by atoms with Crippen molar-refractivity contribution in [2.75, 3.05) is 26.7 Å². The van der Waals surface area contributed by atoms with E-state index in [9.17, 15) is 13.2 Å². The van der Waals surface area contributed by atoms with Crippen molar-refractivity contribution in [2.24, 2.45) is 7.05 Å². The molecule has 1 atom stereocenters. The van der Waals surface area contributed by atoms with Crippen LogP contribution in [0.4, 0.5) is 0 Å². The first kappa shape index (κ1) is 21.4. The average molecular weight is 415 g/mol. The van der Waals surface area contributed by atoms with E-state index in [0.717, 1.165) is 0 Å². The molecule has 0 radical (unpaired) electrons. The summed E-state index contributed by atoms with van der Waals surface area (Å²) in [5.74, 6) is 0.102. The second-order valence-electron chi connectivity index (χ2n) is 6.20. The van der Waals surface area contributed by atoms with E-state index in [1.807, 2.05) is 11.6 Å². The van der Waals surface area contributed by atoms with Gasteiger partial charge in [0.05, 0.1) is 23.6 Å². The van der Waals surface area contributed by atoms with Crippen LogP contribution in [0.3, 0.4) is 0 Å². The summed E-state index contributed by atoms with van der Waals surface area (Å²) in [4.78, 5) is 16.3. The van der Waals surface area contributed by atoms with Crippen molar-refractivity contribution in [1.82, 2.24) is 19.2 Å². The molecule has 1 saturated heterocycles. The Balaban J connectivity index is 0.00000261. The van der Waals surface area contributed by atoms with Crippen molar-refractivity contribution < 1.29 is 17.9 Å². The fourth-order valence-electron chi connectivity index (χ4n) is 3.14. The maximum absolute atomic E-state index is 13.4. The topological polar surface area (TPSA) is 93.5 Å². The van der Waals surface area contributed by atoms with Crippen molar-refractivity contribution in [3.63, 3.8) is 0 Å². The molecular weight excluding hydrogens is 392 g/mol. The Morgan fingerprint density at radius 2 is 2.11 bits per heavy atom. The lowest BCUT2D eigenvalue weighted by atomic mass is 10.1. The molecule has 10 heteroatoms. The fraction of sp³-hybridized carbons (Fsp3) is 0.412. The van der Waals surface area contributed by atoms with Crippen LogP contribution in [0.25, 0.3) is 0 Å². The van der Waals surface area contributed by atoms with Crippen molar-refractivity contribution >= 4 is 28.4 Å². The minimum Gasteiger partial charge on any atom is -0.465 e. The van der Waals surface area contributed by atoms with E-state index >= 15 is 0 Å². The molecule has 1 aliphatic heterocycles. The van der Waals surface area contributed by atoms with Crippen LogP contribution in [0.1, 0.15) is 27.8 Å². The molecule has 0 spiro atoms. The van der Waals surface area contributed by atoms with E-state index < -0.39 is 22.0 Å². The van der Waals surface area contributed by atoms with E-state index in [2.05, 4.69) is 10.3 Å². The smallest absolute Gasteiger partial charge is 0.337 e. The number of esters is 1. The number of rotatable bonds is 4. The summed E-state index contributed by atoms with van der Waals surface area (Å²) in [5.41, 5.74) is 0.787. The highest BCUT2D eigenvalue weighted by Crippen LogP contribution is 2.30. The highest BCUT2D eigenvalue weighted by atomic mass is 35.5. The maximum Gasteiger partial charge on any atom is 0.337 e. The summed E-state index contributed by atoms with van der Waals surface area (Å²) < 4.78 is 34.8. The molecule has 1 aliphatic rings. The molecule has 1 unspecified atom stereocenters. The van der Waals surface area contributed by atoms with Gasteiger partial charge in [0.1, 0.15) is 5.82 Å². The molecule has 148 valence electrons. The zero-order valence-corrected chi connectivity index (χ0v) is 17.0. The number of halogens is 1. The molecule has 0 aliphatic carbocycles. The Morgan fingerprint density at radius 1 is 1.37 bits per heavy atom. The molecule has 0 bridgehead atoms. The third-order valence-corrected chi connectivity index (χ3v) is 6.60. The van der Waals surface area contributed by atoms with Gasteiger partial charge in [-0.3, -0.25) is 0 Å². The van der Waals surface area contributed by atoms with Crippen molar-refractivity contribution in [1.29, 1.82) is 0 Å². The lowest BCUT2D eigenvalue weighted by Gasteiger charge is -2.35. The summed E-state index contributed by atoms with van der Waals surface area (Å²) in [6.45, 7) is 3.06. The number of carbonyl (C=O) groups excluding carboxylic acids is 1. The molecule has 2 heterocycles. The van der Waals surface area contributed by atoms with Crippen LogP contribution in [0.2, 0.25) is 0 Å². The molecule has 0 amide bonds. The van der Waals surface area contributed by atoms with Gasteiger partial charge >= 0.3 is 5.97 Å². The molecular formula is C17H23ClN4O4S. The van der Waals surface area contributed by atoms with Gasteiger partial charge in [0.15, 0.2) is 0 Å². The number of piperazine rings is 1. The molecule has 2 aromatic rings. The third kappa shape index (κ3) is 4.01. The fourth-order valence-corrected chi connectivity index (χ4v) is 4.98. The van der Waals surface area contributed by atoms with Crippen molar-refractivity contribution in [3.05, 3.63) is 47.5 Å². The second kappa shape index (κ2) is 8.39. The summed E-state index contributed by atoms with van der Waals surface area (Å²) in [7, 11) is -0.711. The predicted molar refractivity (Wildman–Crippen MR) is 102 cm³/mol. The first-order valence-electron chi connectivity index (χ1n) is 8.25. The van der Waals surface area contributed by atoms with Gasteiger partial charge in [-0.1, -0.05) is 6.07 Å². The number of imidazole rings is 1. The Kier molecular flexibility index (Phi) is 6.63. The number of hydrogen-bond acceptors (Lipinski definition) is 6. The van der Waals surface area contributed by atoms with Gasteiger partial charge in [-0.2, -0.15) is 4.31 Å². The van der Waals surface area contributed by atoms with E-state index in [-0.39, 0.29) is 22.9 Å². The Morgan fingerprint density at radius 3 is 2.74 bits per heavy atom. The Labute approximate surface area is 165 Å². The van der Waals surface area contributed by atoms with Crippen molar-refractivity contribution in [3.8, 4) is 0 Å². The quantitative estimate of drug-likeness (QED) is 0.757. The monoisotopic (exact) mass is 414 g/mol. The number of carbonyl (C=O) groups is 1. The van der Waals surface area contributed by atoms with Crippen LogP contribution in [-0.4, -0.2) is 55.0 Å². The molecule has 1 aromatic carbocycles. The second-order valence-corrected chi connectivity index (χ2v) is 8.06. The van der Waals surface area contributed by atoms with Gasteiger partial charge in [0.25, 0.3) is 0 Å². The van der Waals surface area contributed by atoms with Crippen LogP contribution in [0, 0.1) is 6.92 Å². The SMILES string of the molecule is COC(=O)c1ccc(C)c(S(=O)(=O)N2CCNCC2c2nccn2C)c1.Cl. The summed E-state index contributed by atoms with van der Waals surface area (Å²) in [6.07, 6.45) is 3.44. The number of aromatic nitrogens is 2. The predicted octanol–water partition coefficient (Wildman–Crippen LogP) is 1.27. The van der Waals surface area contributed by atoms with Crippen LogP contribution in [0.5, 0.6) is 0 Å². The Bertz CT molecular complexity index is 929. The number of ether oxygens (including phenoxy) is 1. The molecule has 1 aromatic heterocycles. The Hall–Kier alpha value is -1.94.